The second-order valence-electron chi connectivity index (χ2n) is 5.62. The Balaban J connectivity index is 1.90. The van der Waals surface area contributed by atoms with Crippen molar-refractivity contribution in [2.75, 3.05) is 25.3 Å². The fraction of sp³-hybridized carbons (Fsp3) is 0.158. The third kappa shape index (κ3) is 3.62. The second kappa shape index (κ2) is 7.45. The number of anilines is 3. The van der Waals surface area contributed by atoms with E-state index >= 15 is 0 Å². The standard InChI is InChI=1S/C19H19N3O3S/c1-11-7-8-15(25-3)14(9-11)21-19-22-18(20)17(26-19)16(23)12-5-4-6-13(10-12)24-2/h4-10H,20H2,1-3H3,(H,21,22). The molecule has 0 bridgehead atoms. The van der Waals surface area contributed by atoms with Gasteiger partial charge in [0, 0.05) is 5.56 Å². The minimum absolute atomic E-state index is 0.192. The number of nitrogen functional groups attached to an aromatic ring is 1. The molecule has 2 aromatic carbocycles. The third-order valence-corrected chi connectivity index (χ3v) is 4.77. The Hall–Kier alpha value is -3.06. The van der Waals surface area contributed by atoms with Crippen LogP contribution in [-0.2, 0) is 0 Å². The Bertz CT molecular complexity index is 953. The van der Waals surface area contributed by atoms with Gasteiger partial charge in [-0.05, 0) is 36.8 Å². The monoisotopic (exact) mass is 369 g/mol. The van der Waals surface area contributed by atoms with E-state index in [1.807, 2.05) is 25.1 Å². The van der Waals surface area contributed by atoms with Crippen LogP contribution >= 0.6 is 11.3 Å². The maximum absolute atomic E-state index is 12.8. The molecule has 134 valence electrons. The molecule has 0 fully saturated rings. The number of ketones is 1. The van der Waals surface area contributed by atoms with E-state index in [0.29, 0.717) is 27.1 Å². The Morgan fingerprint density at radius 2 is 1.96 bits per heavy atom. The zero-order valence-corrected chi connectivity index (χ0v) is 15.5. The van der Waals surface area contributed by atoms with Gasteiger partial charge in [0.05, 0.1) is 19.9 Å². The molecule has 6 nitrogen and oxygen atoms in total. The summed E-state index contributed by atoms with van der Waals surface area (Å²) in [5.41, 5.74) is 8.32. The number of ether oxygens (including phenoxy) is 2. The average molecular weight is 369 g/mol. The highest BCUT2D eigenvalue weighted by Crippen LogP contribution is 2.33. The van der Waals surface area contributed by atoms with Gasteiger partial charge in [-0.15, -0.1) is 0 Å². The van der Waals surface area contributed by atoms with E-state index in [1.165, 1.54) is 11.3 Å². The molecule has 0 amide bonds. The molecule has 1 heterocycles. The molecule has 3 rings (SSSR count). The molecule has 0 saturated carbocycles. The number of aryl methyl sites for hydroxylation is 1. The number of nitrogens with one attached hydrogen (secondary N) is 1. The molecule has 0 unspecified atom stereocenters. The number of benzene rings is 2. The molecule has 0 aliphatic carbocycles. The summed E-state index contributed by atoms with van der Waals surface area (Å²) in [6, 6.07) is 12.7. The van der Waals surface area contributed by atoms with E-state index in [1.54, 1.807) is 38.5 Å². The zero-order valence-electron chi connectivity index (χ0n) is 14.7. The van der Waals surface area contributed by atoms with Gasteiger partial charge in [0.2, 0.25) is 5.78 Å². The topological polar surface area (TPSA) is 86.5 Å². The van der Waals surface area contributed by atoms with E-state index in [9.17, 15) is 4.79 Å². The van der Waals surface area contributed by atoms with Crippen LogP contribution in [0.4, 0.5) is 16.6 Å². The van der Waals surface area contributed by atoms with E-state index in [-0.39, 0.29) is 11.6 Å². The van der Waals surface area contributed by atoms with Crippen LogP contribution in [0.3, 0.4) is 0 Å². The maximum Gasteiger partial charge on any atom is 0.206 e. The van der Waals surface area contributed by atoms with Gasteiger partial charge in [0.1, 0.15) is 22.2 Å². The van der Waals surface area contributed by atoms with Gasteiger partial charge < -0.3 is 20.5 Å². The van der Waals surface area contributed by atoms with Gasteiger partial charge in [-0.3, -0.25) is 4.79 Å². The minimum atomic E-state index is -0.192. The molecule has 26 heavy (non-hydrogen) atoms. The van der Waals surface area contributed by atoms with Crippen LogP contribution in [0.15, 0.2) is 42.5 Å². The molecule has 0 spiro atoms. The second-order valence-corrected chi connectivity index (χ2v) is 6.62. The van der Waals surface area contributed by atoms with Gasteiger partial charge in [-0.25, -0.2) is 4.98 Å². The molecule has 0 saturated heterocycles. The lowest BCUT2D eigenvalue weighted by Crippen LogP contribution is -2.02. The lowest BCUT2D eigenvalue weighted by Gasteiger charge is -2.09. The van der Waals surface area contributed by atoms with Crippen molar-refractivity contribution < 1.29 is 14.3 Å². The summed E-state index contributed by atoms with van der Waals surface area (Å²) in [6.45, 7) is 1.98. The molecular formula is C19H19N3O3S. The third-order valence-electron chi connectivity index (χ3n) is 3.79. The van der Waals surface area contributed by atoms with E-state index < -0.39 is 0 Å². The van der Waals surface area contributed by atoms with Crippen LogP contribution in [0.25, 0.3) is 0 Å². The summed E-state index contributed by atoms with van der Waals surface area (Å²) < 4.78 is 10.5. The lowest BCUT2D eigenvalue weighted by molar-refractivity contribution is 0.104. The van der Waals surface area contributed by atoms with Crippen LogP contribution in [0.2, 0.25) is 0 Å². The van der Waals surface area contributed by atoms with Crippen LogP contribution in [0.1, 0.15) is 20.8 Å². The van der Waals surface area contributed by atoms with Gasteiger partial charge in [-0.1, -0.05) is 29.5 Å². The van der Waals surface area contributed by atoms with Crippen molar-refractivity contribution in [2.24, 2.45) is 0 Å². The highest BCUT2D eigenvalue weighted by molar-refractivity contribution is 7.18. The first kappa shape index (κ1) is 17.8. The summed E-state index contributed by atoms with van der Waals surface area (Å²) in [7, 11) is 3.16. The SMILES string of the molecule is COc1cccc(C(=O)c2sc(Nc3cc(C)ccc3OC)nc2N)c1. The van der Waals surface area contributed by atoms with Crippen LogP contribution < -0.4 is 20.5 Å². The fourth-order valence-corrected chi connectivity index (χ4v) is 3.34. The Kier molecular flexibility index (Phi) is 5.09. The Labute approximate surface area is 155 Å². The molecule has 0 aliphatic heterocycles. The molecule has 3 aromatic rings. The summed E-state index contributed by atoms with van der Waals surface area (Å²) in [5.74, 6) is 1.30. The quantitative estimate of drug-likeness (QED) is 0.638. The van der Waals surface area contributed by atoms with Gasteiger partial charge in [0.25, 0.3) is 0 Å². The van der Waals surface area contributed by atoms with Crippen LogP contribution in [-0.4, -0.2) is 25.0 Å². The largest absolute Gasteiger partial charge is 0.497 e. The van der Waals surface area contributed by atoms with E-state index in [0.717, 1.165) is 11.3 Å². The van der Waals surface area contributed by atoms with Gasteiger partial charge in [0.15, 0.2) is 5.13 Å². The highest BCUT2D eigenvalue weighted by atomic mass is 32.1. The summed E-state index contributed by atoms with van der Waals surface area (Å²) in [6.07, 6.45) is 0. The van der Waals surface area contributed by atoms with E-state index in [2.05, 4.69) is 10.3 Å². The first-order chi connectivity index (χ1) is 12.5. The normalized spacial score (nSPS) is 10.4. The lowest BCUT2D eigenvalue weighted by atomic mass is 10.1. The molecule has 3 N–H and O–H groups in total. The number of carbonyl (C=O) groups excluding carboxylic acids is 1. The minimum Gasteiger partial charge on any atom is -0.497 e. The highest BCUT2D eigenvalue weighted by Gasteiger charge is 2.19. The van der Waals surface area contributed by atoms with Crippen molar-refractivity contribution >= 4 is 33.8 Å². The number of rotatable bonds is 6. The van der Waals surface area contributed by atoms with Crippen molar-refractivity contribution in [3.8, 4) is 11.5 Å². The summed E-state index contributed by atoms with van der Waals surface area (Å²) >= 11 is 1.20. The van der Waals surface area contributed by atoms with Crippen molar-refractivity contribution in [2.45, 2.75) is 6.92 Å². The van der Waals surface area contributed by atoms with Gasteiger partial charge >= 0.3 is 0 Å². The van der Waals surface area contributed by atoms with Gasteiger partial charge in [-0.2, -0.15) is 0 Å². The van der Waals surface area contributed by atoms with E-state index in [4.69, 9.17) is 15.2 Å². The van der Waals surface area contributed by atoms with Crippen molar-refractivity contribution in [1.29, 1.82) is 0 Å². The fourth-order valence-electron chi connectivity index (χ4n) is 2.48. The number of methoxy groups -OCH3 is 2. The summed E-state index contributed by atoms with van der Waals surface area (Å²) in [4.78, 5) is 17.4. The predicted octanol–water partition coefficient (Wildman–Crippen LogP) is 4.03. The smallest absolute Gasteiger partial charge is 0.206 e. The molecule has 1 aromatic heterocycles. The number of thiazole rings is 1. The van der Waals surface area contributed by atoms with Crippen molar-refractivity contribution in [3.63, 3.8) is 0 Å². The average Bonchev–Trinajstić information content (AvgIpc) is 3.01. The van der Waals surface area contributed by atoms with Crippen molar-refractivity contribution in [1.82, 2.24) is 4.98 Å². The molecule has 7 heteroatoms. The molecule has 0 atom stereocenters. The molecule has 0 aliphatic rings. The first-order valence-corrected chi connectivity index (χ1v) is 8.70. The Morgan fingerprint density at radius 3 is 2.69 bits per heavy atom. The number of nitrogens with two attached hydrogens (primary N) is 1. The first-order valence-electron chi connectivity index (χ1n) is 7.88. The predicted molar refractivity (Wildman–Crippen MR) is 104 cm³/mol. The zero-order chi connectivity index (χ0) is 18.7. The molecular weight excluding hydrogens is 350 g/mol. The number of aromatic nitrogens is 1. The number of nitrogens with zero attached hydrogens (tertiary/aromatic N) is 1. The number of carbonyl (C=O) groups is 1. The van der Waals surface area contributed by atoms with Crippen LogP contribution in [0, 0.1) is 6.92 Å². The van der Waals surface area contributed by atoms with Crippen LogP contribution in [0.5, 0.6) is 11.5 Å². The Morgan fingerprint density at radius 1 is 1.15 bits per heavy atom. The summed E-state index contributed by atoms with van der Waals surface area (Å²) in [5, 5.41) is 3.71. The number of hydrogen-bond acceptors (Lipinski definition) is 7. The number of hydrogen-bond donors (Lipinski definition) is 2. The molecule has 0 radical (unpaired) electrons. The maximum atomic E-state index is 12.8. The van der Waals surface area contributed by atoms with Crippen molar-refractivity contribution in [3.05, 3.63) is 58.5 Å².